The van der Waals surface area contributed by atoms with E-state index in [4.69, 9.17) is 11.6 Å². The Morgan fingerprint density at radius 1 is 1.33 bits per heavy atom. The lowest BCUT2D eigenvalue weighted by molar-refractivity contribution is -0.115. The molecule has 2 rings (SSSR count). The van der Waals surface area contributed by atoms with Gasteiger partial charge in [0.25, 0.3) is 0 Å². The molecule has 0 aromatic heterocycles. The molecule has 0 unspecified atom stereocenters. The number of carbonyl (C=O) groups is 1. The molecule has 1 aliphatic heterocycles. The van der Waals surface area contributed by atoms with E-state index in [1.54, 1.807) is 19.1 Å². The fourth-order valence-electron chi connectivity index (χ4n) is 3.15. The van der Waals surface area contributed by atoms with E-state index in [1.807, 2.05) is 13.8 Å². The van der Waals surface area contributed by atoms with Crippen LogP contribution in [0.4, 0.5) is 11.4 Å². The van der Waals surface area contributed by atoms with Gasteiger partial charge in [0.1, 0.15) is 10.3 Å². The van der Waals surface area contributed by atoms with Gasteiger partial charge in [-0.1, -0.05) is 6.92 Å². The van der Waals surface area contributed by atoms with Gasteiger partial charge in [-0.3, -0.25) is 4.79 Å². The number of alkyl halides is 1. The lowest BCUT2D eigenvalue weighted by Crippen LogP contribution is -2.39. The zero-order valence-electron chi connectivity index (χ0n) is 16.5. The predicted octanol–water partition coefficient (Wildman–Crippen LogP) is 3.71. The van der Waals surface area contributed by atoms with Gasteiger partial charge >= 0.3 is 0 Å². The number of benzene rings is 1. The van der Waals surface area contributed by atoms with Crippen molar-refractivity contribution in [3.63, 3.8) is 0 Å². The highest BCUT2D eigenvalue weighted by molar-refractivity contribution is 7.89. The zero-order chi connectivity index (χ0) is 20.2. The molecule has 3 atom stereocenters. The van der Waals surface area contributed by atoms with Gasteiger partial charge in [-0.15, -0.1) is 11.6 Å². The number of halogens is 1. The van der Waals surface area contributed by atoms with Gasteiger partial charge < -0.3 is 10.2 Å². The number of sulfonamides is 1. The van der Waals surface area contributed by atoms with Gasteiger partial charge in [0.05, 0.1) is 5.69 Å². The van der Waals surface area contributed by atoms with Crippen LogP contribution in [0.5, 0.6) is 0 Å². The Hall–Kier alpha value is -1.31. The molecule has 1 saturated heterocycles. The van der Waals surface area contributed by atoms with E-state index in [1.165, 1.54) is 6.07 Å². The number of hydrogen-bond donors (Lipinski definition) is 2. The molecule has 1 aromatic rings. The number of piperidine rings is 1. The molecule has 2 N–H and O–H groups in total. The molecule has 1 heterocycles. The van der Waals surface area contributed by atoms with E-state index in [2.05, 4.69) is 21.9 Å². The number of nitrogens with one attached hydrogen (secondary N) is 2. The largest absolute Gasteiger partial charge is 0.368 e. The summed E-state index contributed by atoms with van der Waals surface area (Å²) in [6.07, 6.45) is 3.90. The first-order valence-electron chi connectivity index (χ1n) is 9.53. The first kappa shape index (κ1) is 22.0. The number of amides is 1. The summed E-state index contributed by atoms with van der Waals surface area (Å²) < 4.78 is 28.9. The zero-order valence-corrected chi connectivity index (χ0v) is 18.0. The molecular formula is C19H30ClN3O3S. The van der Waals surface area contributed by atoms with Crippen LogP contribution in [0.25, 0.3) is 0 Å². The smallest absolute Gasteiger partial charge is 0.242 e. The molecule has 0 saturated carbocycles. The fourth-order valence-corrected chi connectivity index (χ4v) is 4.77. The minimum Gasteiger partial charge on any atom is -0.368 e. The Labute approximate surface area is 167 Å². The first-order chi connectivity index (χ1) is 12.7. The average Bonchev–Trinajstić information content (AvgIpc) is 2.61. The normalized spacial score (nSPS) is 20.2. The van der Waals surface area contributed by atoms with Crippen LogP contribution in [0.15, 0.2) is 23.1 Å². The summed E-state index contributed by atoms with van der Waals surface area (Å²) >= 11 is 5.82. The van der Waals surface area contributed by atoms with Gasteiger partial charge in [-0.05, 0) is 64.7 Å². The Bertz CT molecular complexity index is 767. The van der Waals surface area contributed by atoms with Crippen molar-refractivity contribution in [2.24, 2.45) is 0 Å². The number of rotatable bonds is 7. The molecule has 1 aliphatic rings. The van der Waals surface area contributed by atoms with Crippen molar-refractivity contribution in [3.8, 4) is 0 Å². The second-order valence-electron chi connectivity index (χ2n) is 7.26. The van der Waals surface area contributed by atoms with E-state index in [9.17, 15) is 13.2 Å². The van der Waals surface area contributed by atoms with E-state index in [0.29, 0.717) is 17.8 Å². The van der Waals surface area contributed by atoms with Crippen molar-refractivity contribution >= 4 is 38.9 Å². The van der Waals surface area contributed by atoms with Crippen LogP contribution >= 0.6 is 11.6 Å². The highest BCUT2D eigenvalue weighted by Crippen LogP contribution is 2.33. The third-order valence-electron chi connectivity index (χ3n) is 4.96. The molecule has 0 radical (unpaired) electrons. The minimum atomic E-state index is -3.73. The van der Waals surface area contributed by atoms with Crippen molar-refractivity contribution in [2.45, 2.75) is 75.7 Å². The molecule has 8 heteroatoms. The molecule has 0 spiro atoms. The second kappa shape index (κ2) is 9.26. The van der Waals surface area contributed by atoms with Crippen LogP contribution < -0.4 is 14.9 Å². The van der Waals surface area contributed by atoms with Crippen molar-refractivity contribution in [1.82, 2.24) is 4.72 Å². The van der Waals surface area contributed by atoms with Crippen LogP contribution in [0.3, 0.4) is 0 Å². The number of anilines is 2. The molecule has 0 aliphatic carbocycles. The Kier molecular flexibility index (Phi) is 7.54. The highest BCUT2D eigenvalue weighted by atomic mass is 35.5. The molecule has 1 amide bonds. The topological polar surface area (TPSA) is 78.5 Å². The molecule has 1 aromatic carbocycles. The maximum absolute atomic E-state index is 13.1. The first-order valence-corrected chi connectivity index (χ1v) is 11.5. The Morgan fingerprint density at radius 2 is 2.04 bits per heavy atom. The maximum atomic E-state index is 13.1. The summed E-state index contributed by atoms with van der Waals surface area (Å²) in [5.41, 5.74) is 1.10. The summed E-state index contributed by atoms with van der Waals surface area (Å²) in [5.74, 6) is -0.367. The van der Waals surface area contributed by atoms with E-state index < -0.39 is 15.4 Å². The van der Waals surface area contributed by atoms with Crippen molar-refractivity contribution in [2.75, 3.05) is 16.8 Å². The van der Waals surface area contributed by atoms with Crippen LogP contribution in [-0.4, -0.2) is 38.3 Å². The number of hydrogen-bond acceptors (Lipinski definition) is 4. The molecule has 27 heavy (non-hydrogen) atoms. The van der Waals surface area contributed by atoms with Crippen molar-refractivity contribution in [1.29, 1.82) is 0 Å². The van der Waals surface area contributed by atoms with Crippen LogP contribution in [-0.2, 0) is 14.8 Å². The van der Waals surface area contributed by atoms with Crippen LogP contribution in [0.1, 0.15) is 53.4 Å². The summed E-state index contributed by atoms with van der Waals surface area (Å²) in [6, 6.07) is 5.12. The van der Waals surface area contributed by atoms with E-state index in [-0.39, 0.29) is 22.9 Å². The lowest BCUT2D eigenvalue weighted by atomic mass is 10.0. The molecule has 6 nitrogen and oxygen atoms in total. The number of nitrogens with zero attached hydrogens (tertiary/aromatic N) is 1. The molecular weight excluding hydrogens is 386 g/mol. The van der Waals surface area contributed by atoms with E-state index >= 15 is 0 Å². The Morgan fingerprint density at radius 3 is 2.63 bits per heavy atom. The lowest BCUT2D eigenvalue weighted by Gasteiger charge is -2.36. The molecule has 152 valence electrons. The SMILES string of the molecule is CC[C@H](C)NS(=O)(=O)c1cc(NC(=O)[C@@H](C)Cl)ccc1N1CCCC[C@H]1C. The van der Waals surface area contributed by atoms with Crippen LogP contribution in [0.2, 0.25) is 0 Å². The van der Waals surface area contributed by atoms with Gasteiger partial charge in [0.15, 0.2) is 0 Å². The standard InChI is InChI=1S/C19H30ClN3O3S/c1-5-13(2)22-27(25,26)18-12-16(21-19(24)15(4)20)9-10-17(18)23-11-7-6-8-14(23)3/h9-10,12-15,22H,5-8,11H2,1-4H3,(H,21,24)/t13-,14+,15+/m0/s1. The van der Waals surface area contributed by atoms with Gasteiger partial charge in [0.2, 0.25) is 15.9 Å². The maximum Gasteiger partial charge on any atom is 0.242 e. The van der Waals surface area contributed by atoms with Crippen molar-refractivity contribution in [3.05, 3.63) is 18.2 Å². The quantitative estimate of drug-likeness (QED) is 0.665. The fraction of sp³-hybridized carbons (Fsp3) is 0.632. The summed E-state index contributed by atoms with van der Waals surface area (Å²) in [6.45, 7) is 8.27. The number of carbonyl (C=O) groups excluding carboxylic acids is 1. The molecule has 1 fully saturated rings. The van der Waals surface area contributed by atoms with Gasteiger partial charge in [0, 0.05) is 24.3 Å². The van der Waals surface area contributed by atoms with Gasteiger partial charge in [-0.2, -0.15) is 0 Å². The average molecular weight is 416 g/mol. The van der Waals surface area contributed by atoms with Crippen molar-refractivity contribution < 1.29 is 13.2 Å². The summed E-state index contributed by atoms with van der Waals surface area (Å²) in [7, 11) is -3.73. The summed E-state index contributed by atoms with van der Waals surface area (Å²) in [5, 5.41) is 1.98. The minimum absolute atomic E-state index is 0.178. The van der Waals surface area contributed by atoms with E-state index in [0.717, 1.165) is 25.8 Å². The third-order valence-corrected chi connectivity index (χ3v) is 6.78. The second-order valence-corrected chi connectivity index (χ2v) is 9.59. The Balaban J connectivity index is 2.47. The molecule has 0 bridgehead atoms. The predicted molar refractivity (Wildman–Crippen MR) is 111 cm³/mol. The highest BCUT2D eigenvalue weighted by Gasteiger charge is 2.27. The third kappa shape index (κ3) is 5.59. The van der Waals surface area contributed by atoms with Crippen LogP contribution in [0, 0.1) is 0 Å². The van der Waals surface area contributed by atoms with Gasteiger partial charge in [-0.25, -0.2) is 13.1 Å². The monoisotopic (exact) mass is 415 g/mol. The summed E-state index contributed by atoms with van der Waals surface area (Å²) in [4.78, 5) is 14.3.